The van der Waals surface area contributed by atoms with Crippen LogP contribution in [-0.4, -0.2) is 17.1 Å². The number of halogens is 1. The summed E-state index contributed by atoms with van der Waals surface area (Å²) in [6.45, 7) is 1.86. The second-order valence-corrected chi connectivity index (χ2v) is 9.15. The molecule has 0 saturated carbocycles. The van der Waals surface area contributed by atoms with Crippen LogP contribution in [0.1, 0.15) is 17.3 Å². The first kappa shape index (κ1) is 21.9. The summed E-state index contributed by atoms with van der Waals surface area (Å²) in [5.41, 5.74) is 1.91. The van der Waals surface area contributed by atoms with Crippen LogP contribution in [0.2, 0.25) is 5.02 Å². The largest absolute Gasteiger partial charge is 0.325 e. The molecule has 2 N–H and O–H groups in total. The van der Waals surface area contributed by atoms with Gasteiger partial charge in [-0.05, 0) is 66.2 Å². The predicted octanol–water partition coefficient (Wildman–Crippen LogP) is 6.86. The van der Waals surface area contributed by atoms with Crippen molar-refractivity contribution in [3.8, 4) is 0 Å². The van der Waals surface area contributed by atoms with Crippen LogP contribution in [0.15, 0.2) is 95.9 Å². The fourth-order valence-electron chi connectivity index (χ4n) is 3.25. The number of amides is 2. The third-order valence-corrected chi connectivity index (χ3v) is 6.21. The summed E-state index contributed by atoms with van der Waals surface area (Å²) in [5, 5.41) is 8.25. The van der Waals surface area contributed by atoms with Crippen molar-refractivity contribution in [2.45, 2.75) is 17.1 Å². The normalized spacial score (nSPS) is 11.7. The second kappa shape index (κ2) is 9.90. The first-order chi connectivity index (χ1) is 15.5. The SMILES string of the molecule is CC(Sc1cccc(NC(=O)c2cccc(Cl)c2)c1)C(=O)Nc1ccc2ccccc2c1. The molecule has 4 aromatic carbocycles. The van der Waals surface area contributed by atoms with Crippen molar-refractivity contribution < 1.29 is 9.59 Å². The van der Waals surface area contributed by atoms with E-state index in [-0.39, 0.29) is 17.1 Å². The van der Waals surface area contributed by atoms with E-state index >= 15 is 0 Å². The first-order valence-corrected chi connectivity index (χ1v) is 11.4. The molecular formula is C26H21ClN2O2S. The van der Waals surface area contributed by atoms with E-state index in [9.17, 15) is 9.59 Å². The van der Waals surface area contributed by atoms with Gasteiger partial charge in [0, 0.05) is 26.9 Å². The van der Waals surface area contributed by atoms with Gasteiger partial charge in [-0.3, -0.25) is 9.59 Å². The van der Waals surface area contributed by atoms with Crippen LogP contribution >= 0.6 is 23.4 Å². The van der Waals surface area contributed by atoms with E-state index in [2.05, 4.69) is 10.6 Å². The number of hydrogen-bond acceptors (Lipinski definition) is 3. The number of thioether (sulfide) groups is 1. The van der Waals surface area contributed by atoms with Crippen molar-refractivity contribution in [2.24, 2.45) is 0 Å². The molecule has 0 saturated heterocycles. The Hall–Kier alpha value is -3.28. The molecule has 0 bridgehead atoms. The molecule has 32 heavy (non-hydrogen) atoms. The lowest BCUT2D eigenvalue weighted by atomic mass is 10.1. The summed E-state index contributed by atoms with van der Waals surface area (Å²) in [5.74, 6) is -0.324. The molecule has 4 rings (SSSR count). The summed E-state index contributed by atoms with van der Waals surface area (Å²) in [6.07, 6.45) is 0. The van der Waals surface area contributed by atoms with E-state index < -0.39 is 0 Å². The van der Waals surface area contributed by atoms with Crippen LogP contribution in [0.25, 0.3) is 10.8 Å². The summed E-state index contributed by atoms with van der Waals surface area (Å²) in [6, 6.07) is 28.1. The maximum absolute atomic E-state index is 12.7. The van der Waals surface area contributed by atoms with Crippen molar-refractivity contribution in [3.63, 3.8) is 0 Å². The lowest BCUT2D eigenvalue weighted by molar-refractivity contribution is -0.115. The van der Waals surface area contributed by atoms with Crippen molar-refractivity contribution in [3.05, 3.63) is 102 Å². The molecule has 6 heteroatoms. The molecule has 0 spiro atoms. The maximum Gasteiger partial charge on any atom is 0.255 e. The van der Waals surface area contributed by atoms with Gasteiger partial charge in [-0.15, -0.1) is 11.8 Å². The van der Waals surface area contributed by atoms with Gasteiger partial charge in [-0.1, -0.05) is 54.1 Å². The number of fused-ring (bicyclic) bond motifs is 1. The third-order valence-electron chi connectivity index (χ3n) is 4.88. The topological polar surface area (TPSA) is 58.2 Å². The van der Waals surface area contributed by atoms with Crippen LogP contribution in [0, 0.1) is 0 Å². The molecule has 0 aromatic heterocycles. The summed E-state index contributed by atoms with van der Waals surface area (Å²) >= 11 is 7.40. The number of nitrogens with one attached hydrogen (secondary N) is 2. The zero-order chi connectivity index (χ0) is 22.5. The molecule has 4 aromatic rings. The molecule has 1 unspecified atom stereocenters. The Morgan fingerprint density at radius 2 is 1.53 bits per heavy atom. The van der Waals surface area contributed by atoms with E-state index in [1.54, 1.807) is 24.3 Å². The fourth-order valence-corrected chi connectivity index (χ4v) is 4.37. The Bertz CT molecular complexity index is 1290. The highest BCUT2D eigenvalue weighted by Gasteiger charge is 2.15. The molecule has 2 amide bonds. The molecule has 0 radical (unpaired) electrons. The highest BCUT2D eigenvalue weighted by atomic mass is 35.5. The molecule has 0 aliphatic rings. The van der Waals surface area contributed by atoms with Gasteiger partial charge in [0.05, 0.1) is 5.25 Å². The second-order valence-electron chi connectivity index (χ2n) is 7.30. The lowest BCUT2D eigenvalue weighted by Gasteiger charge is -2.13. The monoisotopic (exact) mass is 460 g/mol. The average molecular weight is 461 g/mol. The molecule has 4 nitrogen and oxygen atoms in total. The Morgan fingerprint density at radius 1 is 0.781 bits per heavy atom. The van der Waals surface area contributed by atoms with Gasteiger partial charge in [-0.25, -0.2) is 0 Å². The first-order valence-electron chi connectivity index (χ1n) is 10.1. The number of hydrogen-bond donors (Lipinski definition) is 2. The van der Waals surface area contributed by atoms with Crippen molar-refractivity contribution in [2.75, 3.05) is 10.6 Å². The van der Waals surface area contributed by atoms with Gasteiger partial charge in [-0.2, -0.15) is 0 Å². The van der Waals surface area contributed by atoms with Gasteiger partial charge in [0.15, 0.2) is 0 Å². The Balaban J connectivity index is 1.39. The number of carbonyl (C=O) groups excluding carboxylic acids is 2. The van der Waals surface area contributed by atoms with Crippen molar-refractivity contribution >= 4 is 57.3 Å². The summed E-state index contributed by atoms with van der Waals surface area (Å²) in [4.78, 5) is 26.1. The smallest absolute Gasteiger partial charge is 0.255 e. The van der Waals surface area contributed by atoms with Gasteiger partial charge in [0.1, 0.15) is 0 Å². The molecular weight excluding hydrogens is 440 g/mol. The van der Waals surface area contributed by atoms with E-state index in [0.29, 0.717) is 16.3 Å². The fraction of sp³-hybridized carbons (Fsp3) is 0.0769. The number of rotatable bonds is 6. The van der Waals surface area contributed by atoms with Crippen LogP contribution in [0.3, 0.4) is 0 Å². The predicted molar refractivity (Wildman–Crippen MR) is 134 cm³/mol. The van der Waals surface area contributed by atoms with E-state index in [0.717, 1.165) is 21.4 Å². The number of benzene rings is 4. The quantitative estimate of drug-likeness (QED) is 0.309. The van der Waals surface area contributed by atoms with Gasteiger partial charge in [0.25, 0.3) is 5.91 Å². The third kappa shape index (κ3) is 5.49. The minimum absolute atomic E-state index is 0.0846. The molecule has 0 aliphatic carbocycles. The maximum atomic E-state index is 12.7. The zero-order valence-corrected chi connectivity index (χ0v) is 18.9. The van der Waals surface area contributed by atoms with E-state index in [4.69, 9.17) is 11.6 Å². The average Bonchev–Trinajstić information content (AvgIpc) is 2.79. The Kier molecular flexibility index (Phi) is 6.78. The molecule has 160 valence electrons. The van der Waals surface area contributed by atoms with Crippen LogP contribution < -0.4 is 10.6 Å². The highest BCUT2D eigenvalue weighted by Crippen LogP contribution is 2.27. The van der Waals surface area contributed by atoms with Crippen LogP contribution in [-0.2, 0) is 4.79 Å². The molecule has 0 aliphatic heterocycles. The minimum Gasteiger partial charge on any atom is -0.325 e. The summed E-state index contributed by atoms with van der Waals surface area (Å²) < 4.78 is 0. The van der Waals surface area contributed by atoms with Gasteiger partial charge >= 0.3 is 0 Å². The van der Waals surface area contributed by atoms with Crippen molar-refractivity contribution in [1.82, 2.24) is 0 Å². The lowest BCUT2D eigenvalue weighted by Crippen LogP contribution is -2.22. The molecule has 1 atom stereocenters. The minimum atomic E-state index is -0.319. The molecule has 0 heterocycles. The number of carbonyl (C=O) groups is 2. The number of anilines is 2. The zero-order valence-electron chi connectivity index (χ0n) is 17.3. The van der Waals surface area contributed by atoms with E-state index in [1.807, 2.05) is 73.7 Å². The Labute approximate surface area is 196 Å². The highest BCUT2D eigenvalue weighted by molar-refractivity contribution is 8.00. The van der Waals surface area contributed by atoms with Crippen LogP contribution in [0.5, 0.6) is 0 Å². The van der Waals surface area contributed by atoms with Crippen LogP contribution in [0.4, 0.5) is 11.4 Å². The summed E-state index contributed by atoms with van der Waals surface area (Å²) in [7, 11) is 0. The molecule has 0 fully saturated rings. The van der Waals surface area contributed by atoms with Gasteiger partial charge < -0.3 is 10.6 Å². The van der Waals surface area contributed by atoms with Crippen molar-refractivity contribution in [1.29, 1.82) is 0 Å². The Morgan fingerprint density at radius 3 is 2.34 bits per heavy atom. The van der Waals surface area contributed by atoms with Gasteiger partial charge in [0.2, 0.25) is 5.91 Å². The standard InChI is InChI=1S/C26H21ClN2O2S/c1-17(25(30)28-23-13-12-18-6-2-3-7-19(18)15-23)32-24-11-5-10-22(16-24)29-26(31)20-8-4-9-21(27)14-20/h2-17H,1H3,(H,28,30)(H,29,31). The van der Waals surface area contributed by atoms with E-state index in [1.165, 1.54) is 11.8 Å².